The van der Waals surface area contributed by atoms with E-state index in [1.165, 1.54) is 24.0 Å². The van der Waals surface area contributed by atoms with Gasteiger partial charge in [0.2, 0.25) is 0 Å². The third-order valence-electron chi connectivity index (χ3n) is 4.30. The molecule has 0 spiro atoms. The molecule has 1 aliphatic carbocycles. The van der Waals surface area contributed by atoms with Crippen LogP contribution in [-0.4, -0.2) is 5.11 Å². The number of hydrogen-bond donors (Lipinski definition) is 4. The molecule has 0 saturated heterocycles. The summed E-state index contributed by atoms with van der Waals surface area (Å²) >= 11 is 0. The van der Waals surface area contributed by atoms with Gasteiger partial charge < -0.3 is 22.3 Å². The second kappa shape index (κ2) is 5.06. The van der Waals surface area contributed by atoms with Crippen LogP contribution in [0.25, 0.3) is 0 Å². The minimum atomic E-state index is -1.16. The molecule has 4 nitrogen and oxygen atoms in total. The highest BCUT2D eigenvalue weighted by Gasteiger charge is 2.28. The maximum atomic E-state index is 9.40. The standard InChI is InChI=1S/C17H21N3O/c18-16-10-12-4-2-1-3-11(12)9-15(16)17(19,20)13-5-7-14(21)8-6-13/h5-10,21H,1-4,18-20H2. The fraction of sp³-hybridized carbons (Fsp3) is 0.294. The first-order valence-electron chi connectivity index (χ1n) is 7.27. The van der Waals surface area contributed by atoms with E-state index in [0.29, 0.717) is 5.69 Å². The Morgan fingerprint density at radius 2 is 1.48 bits per heavy atom. The quantitative estimate of drug-likeness (QED) is 0.500. The average molecular weight is 283 g/mol. The summed E-state index contributed by atoms with van der Waals surface area (Å²) in [6.07, 6.45) is 4.52. The number of rotatable bonds is 2. The van der Waals surface area contributed by atoms with Crippen molar-refractivity contribution in [3.8, 4) is 5.75 Å². The first-order chi connectivity index (χ1) is 9.98. The van der Waals surface area contributed by atoms with Crippen LogP contribution in [0.4, 0.5) is 5.69 Å². The Balaban J connectivity index is 2.07. The number of benzene rings is 2. The highest BCUT2D eigenvalue weighted by Crippen LogP contribution is 2.32. The fourth-order valence-electron chi connectivity index (χ4n) is 3.06. The van der Waals surface area contributed by atoms with E-state index in [4.69, 9.17) is 17.2 Å². The van der Waals surface area contributed by atoms with Gasteiger partial charge in [-0.2, -0.15) is 0 Å². The summed E-state index contributed by atoms with van der Waals surface area (Å²) in [5, 5.41) is 9.40. The van der Waals surface area contributed by atoms with Gasteiger partial charge in [0.05, 0.1) is 0 Å². The van der Waals surface area contributed by atoms with Crippen LogP contribution >= 0.6 is 0 Å². The lowest BCUT2D eigenvalue weighted by molar-refractivity contribution is 0.474. The van der Waals surface area contributed by atoms with Crippen molar-refractivity contribution in [1.29, 1.82) is 0 Å². The summed E-state index contributed by atoms with van der Waals surface area (Å²) in [5.74, 6) is 0.188. The minimum Gasteiger partial charge on any atom is -0.508 e. The Hall–Kier alpha value is -2.04. The predicted molar refractivity (Wildman–Crippen MR) is 84.8 cm³/mol. The molecule has 0 aromatic heterocycles. The molecule has 0 bridgehead atoms. The number of phenolic OH excluding ortho intramolecular Hbond substituents is 1. The molecule has 4 heteroatoms. The zero-order valence-corrected chi connectivity index (χ0v) is 12.0. The molecule has 0 radical (unpaired) electrons. The molecule has 0 unspecified atom stereocenters. The number of fused-ring (bicyclic) bond motifs is 1. The van der Waals surface area contributed by atoms with Crippen molar-refractivity contribution in [2.75, 3.05) is 5.73 Å². The number of aromatic hydroxyl groups is 1. The van der Waals surface area contributed by atoms with Crippen LogP contribution in [0.1, 0.15) is 35.1 Å². The average Bonchev–Trinajstić information content (AvgIpc) is 2.47. The smallest absolute Gasteiger partial charge is 0.118 e. The van der Waals surface area contributed by atoms with Gasteiger partial charge in [-0.25, -0.2) is 0 Å². The molecule has 0 aliphatic heterocycles. The van der Waals surface area contributed by atoms with Crippen molar-refractivity contribution in [2.45, 2.75) is 31.3 Å². The number of nitrogens with two attached hydrogens (primary N) is 3. The van der Waals surface area contributed by atoms with Crippen LogP contribution < -0.4 is 17.2 Å². The lowest BCUT2D eigenvalue weighted by Gasteiger charge is -2.29. The Kier molecular flexibility index (Phi) is 3.35. The molecule has 110 valence electrons. The molecule has 0 fully saturated rings. The first-order valence-corrected chi connectivity index (χ1v) is 7.27. The van der Waals surface area contributed by atoms with Crippen molar-refractivity contribution in [3.63, 3.8) is 0 Å². The van der Waals surface area contributed by atoms with Crippen molar-refractivity contribution in [1.82, 2.24) is 0 Å². The third kappa shape index (κ3) is 2.48. The van der Waals surface area contributed by atoms with Gasteiger partial charge in [0, 0.05) is 11.3 Å². The van der Waals surface area contributed by atoms with Gasteiger partial charge in [0.15, 0.2) is 0 Å². The molecular weight excluding hydrogens is 262 g/mol. The molecular formula is C17H21N3O. The van der Waals surface area contributed by atoms with Gasteiger partial charge in [-0.05, 0) is 66.6 Å². The number of aryl methyl sites for hydroxylation is 2. The van der Waals surface area contributed by atoms with Crippen molar-refractivity contribution in [3.05, 3.63) is 58.7 Å². The van der Waals surface area contributed by atoms with Crippen molar-refractivity contribution in [2.24, 2.45) is 11.5 Å². The summed E-state index contributed by atoms with van der Waals surface area (Å²) < 4.78 is 0. The molecule has 0 heterocycles. The summed E-state index contributed by atoms with van der Waals surface area (Å²) in [4.78, 5) is 0. The van der Waals surface area contributed by atoms with Crippen LogP contribution in [0.5, 0.6) is 5.75 Å². The van der Waals surface area contributed by atoms with E-state index in [1.54, 1.807) is 24.3 Å². The number of phenols is 1. The summed E-state index contributed by atoms with van der Waals surface area (Å²) in [7, 11) is 0. The van der Waals surface area contributed by atoms with Gasteiger partial charge in [-0.15, -0.1) is 0 Å². The lowest BCUT2D eigenvalue weighted by atomic mass is 9.84. The van der Waals surface area contributed by atoms with Gasteiger partial charge in [-0.1, -0.05) is 12.1 Å². The second-order valence-electron chi connectivity index (χ2n) is 5.83. The van der Waals surface area contributed by atoms with Gasteiger partial charge in [0.1, 0.15) is 11.4 Å². The van der Waals surface area contributed by atoms with Crippen LogP contribution in [0.15, 0.2) is 36.4 Å². The molecule has 3 rings (SSSR count). The van der Waals surface area contributed by atoms with Gasteiger partial charge in [0.25, 0.3) is 0 Å². The maximum Gasteiger partial charge on any atom is 0.118 e. The Morgan fingerprint density at radius 1 is 0.905 bits per heavy atom. The molecule has 1 aliphatic rings. The summed E-state index contributed by atoms with van der Waals surface area (Å²) in [6, 6.07) is 10.7. The minimum absolute atomic E-state index is 0.188. The number of anilines is 1. The van der Waals surface area contributed by atoms with Gasteiger partial charge in [-0.3, -0.25) is 0 Å². The van der Waals surface area contributed by atoms with E-state index in [2.05, 4.69) is 6.07 Å². The predicted octanol–water partition coefficient (Wildman–Crippen LogP) is 1.97. The fourth-order valence-corrected chi connectivity index (χ4v) is 3.06. The third-order valence-corrected chi connectivity index (χ3v) is 4.30. The van der Waals surface area contributed by atoms with Crippen LogP contribution in [0.2, 0.25) is 0 Å². The summed E-state index contributed by atoms with van der Waals surface area (Å²) in [6.45, 7) is 0. The first kappa shape index (κ1) is 13.9. The van der Waals surface area contributed by atoms with Crippen LogP contribution in [0.3, 0.4) is 0 Å². The Bertz CT molecular complexity index is 662. The Labute approximate surface area is 124 Å². The summed E-state index contributed by atoms with van der Waals surface area (Å²) in [5.41, 5.74) is 22.5. The number of nitrogen functional groups attached to an aromatic ring is 1. The molecule has 0 saturated carbocycles. The van der Waals surface area contributed by atoms with E-state index >= 15 is 0 Å². The Morgan fingerprint density at radius 3 is 2.10 bits per heavy atom. The number of hydrogen-bond acceptors (Lipinski definition) is 4. The molecule has 0 atom stereocenters. The van der Waals surface area contributed by atoms with Crippen molar-refractivity contribution >= 4 is 5.69 Å². The molecule has 2 aromatic rings. The van der Waals surface area contributed by atoms with Crippen LogP contribution in [-0.2, 0) is 18.5 Å². The monoisotopic (exact) mass is 283 g/mol. The van der Waals surface area contributed by atoms with Gasteiger partial charge >= 0.3 is 0 Å². The zero-order valence-electron chi connectivity index (χ0n) is 12.0. The molecule has 21 heavy (non-hydrogen) atoms. The molecule has 0 amide bonds. The largest absolute Gasteiger partial charge is 0.508 e. The van der Waals surface area contributed by atoms with E-state index in [1.807, 2.05) is 6.07 Å². The lowest BCUT2D eigenvalue weighted by Crippen LogP contribution is -2.47. The molecule has 2 aromatic carbocycles. The SMILES string of the molecule is Nc1cc2c(cc1C(N)(N)c1ccc(O)cc1)CCCC2. The zero-order chi connectivity index (χ0) is 15.0. The topological polar surface area (TPSA) is 98.3 Å². The highest BCUT2D eigenvalue weighted by atomic mass is 16.3. The van der Waals surface area contributed by atoms with Crippen molar-refractivity contribution < 1.29 is 5.11 Å². The maximum absolute atomic E-state index is 9.40. The van der Waals surface area contributed by atoms with E-state index in [9.17, 15) is 5.11 Å². The second-order valence-corrected chi connectivity index (χ2v) is 5.83. The van der Waals surface area contributed by atoms with E-state index in [-0.39, 0.29) is 5.75 Å². The molecule has 7 N–H and O–H groups in total. The highest BCUT2D eigenvalue weighted by molar-refractivity contribution is 5.58. The normalized spacial score (nSPS) is 14.8. The van der Waals surface area contributed by atoms with Crippen LogP contribution in [0, 0.1) is 0 Å². The van der Waals surface area contributed by atoms with E-state index in [0.717, 1.165) is 24.0 Å². The van der Waals surface area contributed by atoms with E-state index < -0.39 is 5.66 Å².